The summed E-state index contributed by atoms with van der Waals surface area (Å²) in [4.78, 5) is 4.46. The Bertz CT molecular complexity index is 938. The molecule has 0 bridgehead atoms. The van der Waals surface area contributed by atoms with Gasteiger partial charge in [0, 0.05) is 11.1 Å². The first-order valence-corrected chi connectivity index (χ1v) is 7.44. The Balaban J connectivity index is 1.76. The maximum Gasteiger partial charge on any atom is 0.258 e. The molecular formula is C18H13N3O2. The topological polar surface area (TPSA) is 82.9 Å². The Morgan fingerprint density at radius 3 is 2.96 bits per heavy atom. The summed E-state index contributed by atoms with van der Waals surface area (Å²) in [5.41, 5.74) is 4.45. The van der Waals surface area contributed by atoms with Crippen molar-refractivity contribution in [3.63, 3.8) is 0 Å². The minimum absolute atomic E-state index is 0.0585. The average Bonchev–Trinajstić information content (AvgIpc) is 3.24. The first-order chi connectivity index (χ1) is 11.3. The minimum Gasteiger partial charge on any atom is -0.507 e. The average molecular weight is 303 g/mol. The summed E-state index contributed by atoms with van der Waals surface area (Å²) in [5.74, 6) is 0.842. The van der Waals surface area contributed by atoms with E-state index in [2.05, 4.69) is 16.2 Å². The van der Waals surface area contributed by atoms with Crippen molar-refractivity contribution in [1.29, 1.82) is 5.26 Å². The van der Waals surface area contributed by atoms with Crippen LogP contribution in [0.25, 0.3) is 22.8 Å². The zero-order valence-electron chi connectivity index (χ0n) is 12.3. The van der Waals surface area contributed by atoms with Gasteiger partial charge in [0.15, 0.2) is 0 Å². The van der Waals surface area contributed by atoms with Gasteiger partial charge in [0.25, 0.3) is 5.89 Å². The highest BCUT2D eigenvalue weighted by Gasteiger charge is 2.19. The van der Waals surface area contributed by atoms with Crippen LogP contribution in [0, 0.1) is 11.3 Å². The molecule has 0 unspecified atom stereocenters. The highest BCUT2D eigenvalue weighted by molar-refractivity contribution is 5.66. The Morgan fingerprint density at radius 2 is 2.09 bits per heavy atom. The Hall–Kier alpha value is -3.13. The SMILES string of the molecule is N#Cc1cc(-c2nc(-c3cccc4c3CCC4)no2)ccc1O. The van der Waals surface area contributed by atoms with Crippen LogP contribution in [0.1, 0.15) is 23.1 Å². The molecule has 0 spiro atoms. The fourth-order valence-electron chi connectivity index (χ4n) is 3.04. The number of rotatable bonds is 2. The van der Waals surface area contributed by atoms with Crippen molar-refractivity contribution in [2.75, 3.05) is 0 Å². The highest BCUT2D eigenvalue weighted by atomic mass is 16.5. The number of nitriles is 1. The number of phenols is 1. The third kappa shape index (κ3) is 2.25. The molecule has 3 aromatic rings. The number of nitrogens with zero attached hydrogens (tertiary/aromatic N) is 3. The minimum atomic E-state index is -0.0585. The third-order valence-electron chi connectivity index (χ3n) is 4.18. The van der Waals surface area contributed by atoms with Gasteiger partial charge in [-0.2, -0.15) is 10.2 Å². The van der Waals surface area contributed by atoms with Gasteiger partial charge >= 0.3 is 0 Å². The fraction of sp³-hybridized carbons (Fsp3) is 0.167. The van der Waals surface area contributed by atoms with Crippen LogP contribution in [0.4, 0.5) is 0 Å². The van der Waals surface area contributed by atoms with Gasteiger partial charge in [0.05, 0.1) is 5.56 Å². The van der Waals surface area contributed by atoms with Crippen molar-refractivity contribution in [2.45, 2.75) is 19.3 Å². The van der Waals surface area contributed by atoms with E-state index < -0.39 is 0 Å². The van der Waals surface area contributed by atoms with Gasteiger partial charge in [-0.25, -0.2) is 0 Å². The largest absolute Gasteiger partial charge is 0.507 e. The summed E-state index contributed by atoms with van der Waals surface area (Å²) in [5, 5.41) is 22.7. The zero-order chi connectivity index (χ0) is 15.8. The Kier molecular flexibility index (Phi) is 3.09. The predicted molar refractivity (Wildman–Crippen MR) is 83.6 cm³/mol. The van der Waals surface area contributed by atoms with E-state index in [1.165, 1.54) is 17.2 Å². The van der Waals surface area contributed by atoms with E-state index in [1.807, 2.05) is 18.2 Å². The van der Waals surface area contributed by atoms with Gasteiger partial charge in [-0.1, -0.05) is 23.4 Å². The third-order valence-corrected chi connectivity index (χ3v) is 4.18. The lowest BCUT2D eigenvalue weighted by Crippen LogP contribution is -1.90. The van der Waals surface area contributed by atoms with Crippen LogP contribution in [-0.2, 0) is 12.8 Å². The summed E-state index contributed by atoms with van der Waals surface area (Å²) in [6.07, 6.45) is 3.28. The van der Waals surface area contributed by atoms with Crippen LogP contribution in [0.15, 0.2) is 40.9 Å². The molecule has 1 aliphatic rings. The monoisotopic (exact) mass is 303 g/mol. The quantitative estimate of drug-likeness (QED) is 0.783. The van der Waals surface area contributed by atoms with Crippen LogP contribution < -0.4 is 0 Å². The number of phenolic OH excluding ortho intramolecular Hbond substituents is 1. The molecule has 4 rings (SSSR count). The number of aromatic hydroxyl groups is 1. The van der Waals surface area contributed by atoms with Crippen molar-refractivity contribution < 1.29 is 9.63 Å². The molecule has 0 saturated heterocycles. The molecule has 2 aromatic carbocycles. The molecule has 0 aliphatic heterocycles. The van der Waals surface area contributed by atoms with Gasteiger partial charge in [-0.3, -0.25) is 0 Å². The molecule has 23 heavy (non-hydrogen) atoms. The second-order valence-corrected chi connectivity index (χ2v) is 5.56. The van der Waals surface area contributed by atoms with E-state index in [9.17, 15) is 5.11 Å². The molecule has 5 nitrogen and oxygen atoms in total. The van der Waals surface area contributed by atoms with Gasteiger partial charge in [-0.15, -0.1) is 0 Å². The molecule has 0 saturated carbocycles. The Labute approximate surface area is 132 Å². The number of aromatic nitrogens is 2. The number of hydrogen-bond donors (Lipinski definition) is 1. The number of benzene rings is 2. The summed E-state index contributed by atoms with van der Waals surface area (Å²) < 4.78 is 5.35. The van der Waals surface area contributed by atoms with Crippen LogP contribution in [0.3, 0.4) is 0 Å². The van der Waals surface area contributed by atoms with Crippen molar-refractivity contribution in [1.82, 2.24) is 10.1 Å². The summed E-state index contributed by atoms with van der Waals surface area (Å²) in [6, 6.07) is 12.8. The molecule has 0 fully saturated rings. The fourth-order valence-corrected chi connectivity index (χ4v) is 3.04. The maximum absolute atomic E-state index is 9.58. The van der Waals surface area contributed by atoms with E-state index in [0.717, 1.165) is 24.8 Å². The molecule has 112 valence electrons. The molecule has 5 heteroatoms. The van der Waals surface area contributed by atoms with E-state index in [0.29, 0.717) is 17.3 Å². The van der Waals surface area contributed by atoms with Gasteiger partial charge in [-0.05, 0) is 48.6 Å². The molecule has 1 aromatic heterocycles. The van der Waals surface area contributed by atoms with Crippen molar-refractivity contribution in [3.8, 4) is 34.7 Å². The van der Waals surface area contributed by atoms with Crippen LogP contribution >= 0.6 is 0 Å². The molecule has 0 amide bonds. The summed E-state index contributed by atoms with van der Waals surface area (Å²) in [7, 11) is 0. The maximum atomic E-state index is 9.58. The van der Waals surface area contributed by atoms with Crippen LogP contribution in [0.5, 0.6) is 5.75 Å². The summed E-state index contributed by atoms with van der Waals surface area (Å²) in [6.45, 7) is 0. The predicted octanol–water partition coefficient (Wildman–Crippen LogP) is 3.47. The van der Waals surface area contributed by atoms with Crippen molar-refractivity contribution >= 4 is 0 Å². The van der Waals surface area contributed by atoms with E-state index in [-0.39, 0.29) is 11.3 Å². The smallest absolute Gasteiger partial charge is 0.258 e. The lowest BCUT2D eigenvalue weighted by atomic mass is 10.0. The standard InChI is InChI=1S/C18H13N3O2/c19-10-13-9-12(7-8-16(13)22)18-20-17(21-23-18)15-6-2-4-11-3-1-5-14(11)15/h2,4,6-9,22H,1,3,5H2. The normalized spacial score (nSPS) is 12.8. The zero-order valence-corrected chi connectivity index (χ0v) is 12.3. The molecule has 1 N–H and O–H groups in total. The lowest BCUT2D eigenvalue weighted by Gasteiger charge is -2.03. The number of hydrogen-bond acceptors (Lipinski definition) is 5. The highest BCUT2D eigenvalue weighted by Crippen LogP contribution is 2.32. The van der Waals surface area contributed by atoms with E-state index >= 15 is 0 Å². The van der Waals surface area contributed by atoms with E-state index in [1.54, 1.807) is 12.1 Å². The van der Waals surface area contributed by atoms with Crippen molar-refractivity contribution in [2.24, 2.45) is 0 Å². The second kappa shape index (κ2) is 5.25. The lowest BCUT2D eigenvalue weighted by molar-refractivity contribution is 0.432. The number of aryl methyl sites for hydroxylation is 1. The molecular weight excluding hydrogens is 290 g/mol. The summed E-state index contributed by atoms with van der Waals surface area (Å²) >= 11 is 0. The molecule has 0 atom stereocenters. The van der Waals surface area contributed by atoms with Crippen LogP contribution in [-0.4, -0.2) is 15.2 Å². The number of fused-ring (bicyclic) bond motifs is 1. The molecule has 1 aliphatic carbocycles. The second-order valence-electron chi connectivity index (χ2n) is 5.56. The molecule has 0 radical (unpaired) electrons. The Morgan fingerprint density at radius 1 is 1.17 bits per heavy atom. The first kappa shape index (κ1) is 13.5. The van der Waals surface area contributed by atoms with Gasteiger partial charge in [0.1, 0.15) is 11.8 Å². The van der Waals surface area contributed by atoms with Gasteiger partial charge in [0.2, 0.25) is 5.82 Å². The van der Waals surface area contributed by atoms with Crippen molar-refractivity contribution in [3.05, 3.63) is 53.1 Å². The van der Waals surface area contributed by atoms with E-state index in [4.69, 9.17) is 9.78 Å². The first-order valence-electron chi connectivity index (χ1n) is 7.44. The van der Waals surface area contributed by atoms with Gasteiger partial charge < -0.3 is 9.63 Å². The van der Waals surface area contributed by atoms with Crippen LogP contribution in [0.2, 0.25) is 0 Å². The molecule has 1 heterocycles.